The minimum atomic E-state index is -3.76. The molecule has 1 N–H and O–H groups in total. The lowest BCUT2D eigenvalue weighted by Crippen LogP contribution is -2.36. The van der Waals surface area contributed by atoms with E-state index in [0.717, 1.165) is 54.2 Å². The summed E-state index contributed by atoms with van der Waals surface area (Å²) in [5, 5.41) is 4.52. The Kier molecular flexibility index (Phi) is 5.41. The summed E-state index contributed by atoms with van der Waals surface area (Å²) >= 11 is 1.15. The molecule has 1 aromatic carbocycles. The fraction of sp³-hybridized carbons (Fsp3) is 0.364. The number of aryl methyl sites for hydroxylation is 2. The van der Waals surface area contributed by atoms with E-state index in [-0.39, 0.29) is 22.2 Å². The van der Waals surface area contributed by atoms with Gasteiger partial charge in [-0.05, 0) is 41.8 Å². The van der Waals surface area contributed by atoms with Crippen LogP contribution in [0.3, 0.4) is 0 Å². The topological polar surface area (TPSA) is 84.3 Å². The average Bonchev–Trinajstić information content (AvgIpc) is 3.44. The third-order valence-corrected chi connectivity index (χ3v) is 8.87. The van der Waals surface area contributed by atoms with E-state index in [1.54, 1.807) is 5.38 Å². The van der Waals surface area contributed by atoms with Crippen molar-refractivity contribution in [3.63, 3.8) is 0 Å². The van der Waals surface area contributed by atoms with Crippen LogP contribution in [-0.2, 0) is 42.5 Å². The van der Waals surface area contributed by atoms with Gasteiger partial charge in [0.25, 0.3) is 5.91 Å². The lowest BCUT2D eigenvalue weighted by atomic mass is 10.0. The minimum Gasteiger partial charge on any atom is -0.346 e. The number of hydrogen-bond acceptors (Lipinski definition) is 5. The van der Waals surface area contributed by atoms with Crippen molar-refractivity contribution >= 4 is 27.3 Å². The van der Waals surface area contributed by atoms with Crippen LogP contribution in [0.1, 0.15) is 45.2 Å². The first-order valence-electron chi connectivity index (χ1n) is 10.5. The highest BCUT2D eigenvalue weighted by Gasteiger charge is 2.32. The van der Waals surface area contributed by atoms with Gasteiger partial charge in [0.15, 0.2) is 0 Å². The number of imidazole rings is 1. The summed E-state index contributed by atoms with van der Waals surface area (Å²) < 4.78 is 30.3. The molecular weight excluding hydrogens is 432 g/mol. The molecule has 0 fully saturated rings. The zero-order valence-corrected chi connectivity index (χ0v) is 18.7. The molecule has 5 rings (SSSR count). The number of carbonyl (C=O) groups excluding carboxylic acids is 1. The Morgan fingerprint density at radius 3 is 2.77 bits per heavy atom. The molecule has 0 unspecified atom stereocenters. The summed E-state index contributed by atoms with van der Waals surface area (Å²) in [6.07, 6.45) is 5.89. The number of fused-ring (bicyclic) bond motifs is 2. The largest absolute Gasteiger partial charge is 0.346 e. The molecule has 2 aliphatic heterocycles. The summed E-state index contributed by atoms with van der Waals surface area (Å²) in [7, 11) is -3.76. The van der Waals surface area contributed by atoms with Crippen LogP contribution >= 0.6 is 11.3 Å². The number of sulfonamides is 1. The smallest absolute Gasteiger partial charge is 0.263 e. The highest BCUT2D eigenvalue weighted by Crippen LogP contribution is 2.29. The lowest BCUT2D eigenvalue weighted by Gasteiger charge is -2.28. The Morgan fingerprint density at radius 2 is 1.94 bits per heavy atom. The van der Waals surface area contributed by atoms with Gasteiger partial charge in [-0.15, -0.1) is 11.3 Å². The third-order valence-electron chi connectivity index (χ3n) is 5.94. The van der Waals surface area contributed by atoms with Gasteiger partial charge in [0.05, 0.1) is 12.2 Å². The number of nitrogens with one attached hydrogen (secondary N) is 1. The highest BCUT2D eigenvalue weighted by molar-refractivity contribution is 7.89. The van der Waals surface area contributed by atoms with Crippen LogP contribution < -0.4 is 5.32 Å². The zero-order valence-electron chi connectivity index (χ0n) is 17.1. The molecule has 9 heteroatoms. The van der Waals surface area contributed by atoms with Crippen LogP contribution in [0.2, 0.25) is 0 Å². The average molecular weight is 457 g/mol. The SMILES string of the molecule is O=C(NCc1cn2c(n1)CCCC2)c1sccc1S(=O)(=O)N1CCc2ccccc2C1. The summed E-state index contributed by atoms with van der Waals surface area (Å²) in [4.78, 5) is 17.8. The zero-order chi connectivity index (χ0) is 21.4. The van der Waals surface area contributed by atoms with Crippen LogP contribution in [0, 0.1) is 0 Å². The monoisotopic (exact) mass is 456 g/mol. The molecule has 0 saturated heterocycles. The van der Waals surface area contributed by atoms with E-state index in [2.05, 4.69) is 14.9 Å². The number of thiophene rings is 1. The van der Waals surface area contributed by atoms with E-state index in [4.69, 9.17) is 0 Å². The van der Waals surface area contributed by atoms with Crippen LogP contribution in [0.15, 0.2) is 46.8 Å². The van der Waals surface area contributed by atoms with Gasteiger partial charge in [0.2, 0.25) is 10.0 Å². The fourth-order valence-corrected chi connectivity index (χ4v) is 7.02. The van der Waals surface area contributed by atoms with Gasteiger partial charge in [-0.25, -0.2) is 13.4 Å². The van der Waals surface area contributed by atoms with Crippen molar-refractivity contribution in [1.29, 1.82) is 0 Å². The summed E-state index contributed by atoms with van der Waals surface area (Å²) in [5.74, 6) is 0.678. The Balaban J connectivity index is 1.31. The minimum absolute atomic E-state index is 0.0820. The standard InChI is InChI=1S/C22H24N4O3S2/c27-22(23-13-18-15-25-10-4-3-7-20(25)24-18)21-19(9-12-30-21)31(28,29)26-11-8-16-5-1-2-6-17(16)14-26/h1-2,5-6,9,12,15H,3-4,7-8,10-11,13-14H2,(H,23,27). The Morgan fingerprint density at radius 1 is 1.10 bits per heavy atom. The van der Waals surface area contributed by atoms with Gasteiger partial charge >= 0.3 is 0 Å². The van der Waals surface area contributed by atoms with Crippen LogP contribution in [0.5, 0.6) is 0 Å². The molecule has 0 bridgehead atoms. The maximum Gasteiger partial charge on any atom is 0.263 e. The van der Waals surface area contributed by atoms with Gasteiger partial charge in [-0.2, -0.15) is 4.31 Å². The molecule has 4 heterocycles. The maximum absolute atomic E-state index is 13.3. The molecule has 0 radical (unpaired) electrons. The molecule has 0 atom stereocenters. The molecule has 0 saturated carbocycles. The second-order valence-electron chi connectivity index (χ2n) is 7.95. The second kappa shape index (κ2) is 8.22. The Bertz CT molecular complexity index is 1210. The fourth-order valence-electron chi connectivity index (χ4n) is 4.29. The van der Waals surface area contributed by atoms with Crippen molar-refractivity contribution < 1.29 is 13.2 Å². The lowest BCUT2D eigenvalue weighted by molar-refractivity contribution is 0.0951. The first-order chi connectivity index (χ1) is 15.0. The van der Waals surface area contributed by atoms with Crippen molar-refractivity contribution in [2.24, 2.45) is 0 Å². The predicted molar refractivity (Wildman–Crippen MR) is 118 cm³/mol. The van der Waals surface area contributed by atoms with Gasteiger partial charge in [0.1, 0.15) is 15.6 Å². The molecule has 2 aliphatic rings. The number of benzene rings is 1. The highest BCUT2D eigenvalue weighted by atomic mass is 32.2. The Hall–Kier alpha value is -2.49. The van der Waals surface area contributed by atoms with E-state index in [0.29, 0.717) is 19.5 Å². The van der Waals surface area contributed by atoms with Gasteiger partial charge in [-0.3, -0.25) is 4.79 Å². The van der Waals surface area contributed by atoms with Crippen molar-refractivity contribution in [2.45, 2.75) is 50.2 Å². The van der Waals surface area contributed by atoms with Crippen molar-refractivity contribution in [2.75, 3.05) is 6.54 Å². The molecule has 31 heavy (non-hydrogen) atoms. The van der Waals surface area contributed by atoms with Crippen molar-refractivity contribution in [3.8, 4) is 0 Å². The second-order valence-corrected chi connectivity index (χ2v) is 10.8. The maximum atomic E-state index is 13.3. The van der Waals surface area contributed by atoms with E-state index < -0.39 is 10.0 Å². The summed E-state index contributed by atoms with van der Waals surface area (Å²) in [6.45, 7) is 1.99. The number of amides is 1. The quantitative estimate of drug-likeness (QED) is 0.640. The molecule has 0 aliphatic carbocycles. The predicted octanol–water partition coefficient (Wildman–Crippen LogP) is 2.96. The summed E-state index contributed by atoms with van der Waals surface area (Å²) in [6, 6.07) is 9.43. The van der Waals surface area contributed by atoms with E-state index in [1.807, 2.05) is 30.5 Å². The molecule has 2 aromatic heterocycles. The number of aromatic nitrogens is 2. The third kappa shape index (κ3) is 3.93. The van der Waals surface area contributed by atoms with E-state index in [1.165, 1.54) is 15.9 Å². The normalized spacial score (nSPS) is 16.5. The first kappa shape index (κ1) is 20.4. The molecule has 0 spiro atoms. The van der Waals surface area contributed by atoms with Crippen LogP contribution in [0.25, 0.3) is 0 Å². The molecule has 1 amide bonds. The molecule has 7 nitrogen and oxygen atoms in total. The molecule has 3 aromatic rings. The summed E-state index contributed by atoms with van der Waals surface area (Å²) in [5.41, 5.74) is 3.00. The van der Waals surface area contributed by atoms with Crippen LogP contribution in [0.4, 0.5) is 0 Å². The van der Waals surface area contributed by atoms with Crippen molar-refractivity contribution in [1.82, 2.24) is 19.2 Å². The van der Waals surface area contributed by atoms with Crippen molar-refractivity contribution in [3.05, 3.63) is 69.4 Å². The number of carbonyl (C=O) groups is 1. The van der Waals surface area contributed by atoms with Gasteiger partial charge in [-0.1, -0.05) is 24.3 Å². The molecular formula is C22H24N4O3S2. The first-order valence-corrected chi connectivity index (χ1v) is 12.8. The van der Waals surface area contributed by atoms with Crippen LogP contribution in [-0.4, -0.2) is 34.7 Å². The van der Waals surface area contributed by atoms with E-state index in [9.17, 15) is 13.2 Å². The number of hydrogen-bond donors (Lipinski definition) is 1. The number of rotatable bonds is 5. The van der Waals surface area contributed by atoms with E-state index >= 15 is 0 Å². The molecule has 162 valence electrons. The van der Waals surface area contributed by atoms with Gasteiger partial charge < -0.3 is 9.88 Å². The van der Waals surface area contributed by atoms with Gasteiger partial charge in [0, 0.05) is 32.3 Å². The number of nitrogens with zero attached hydrogens (tertiary/aromatic N) is 3. The Labute approximate surface area is 185 Å².